The average Bonchev–Trinajstić information content (AvgIpc) is 2.46. The fourth-order valence-corrected chi connectivity index (χ4v) is 2.74. The molecule has 0 aromatic carbocycles. The summed E-state index contributed by atoms with van der Waals surface area (Å²) in [6.07, 6.45) is 5.28. The van der Waals surface area contributed by atoms with Gasteiger partial charge in [-0.3, -0.25) is 0 Å². The van der Waals surface area contributed by atoms with Gasteiger partial charge in [-0.1, -0.05) is 6.42 Å². The Balaban J connectivity index is 0. The van der Waals surface area contributed by atoms with Gasteiger partial charge < -0.3 is 36.3 Å². The number of rotatable bonds is 1. The molecule has 2 aliphatic rings. The fraction of sp³-hybridized carbons (Fsp3) is 1.00. The van der Waals surface area contributed by atoms with Crippen LogP contribution in [0.2, 0.25) is 0 Å². The molecule has 4 N–H and O–H groups in total. The van der Waals surface area contributed by atoms with Crippen LogP contribution in [0, 0.1) is 11.8 Å². The monoisotopic (exact) mass is 405 g/mol. The van der Waals surface area contributed by atoms with Crippen molar-refractivity contribution in [3.8, 4) is 0 Å². The molecule has 2 aliphatic carbocycles. The second-order valence-electron chi connectivity index (χ2n) is 4.02. The predicted octanol–water partition coefficient (Wildman–Crippen LogP) is -5.53. The van der Waals surface area contributed by atoms with Crippen LogP contribution in [0.4, 0.5) is 0 Å². The number of fused-ring (bicyclic) bond motifs is 2. The van der Waals surface area contributed by atoms with Gasteiger partial charge in [0.05, 0.1) is 0 Å². The van der Waals surface area contributed by atoms with E-state index in [9.17, 15) is 0 Å². The van der Waals surface area contributed by atoms with E-state index in [4.69, 9.17) is 11.5 Å². The van der Waals surface area contributed by atoms with E-state index in [0.29, 0.717) is 6.54 Å². The SMILES string of the molecule is NC[C@]1(N)CC2CCC1C2.[Cl-].[Cl-].[Pt+2]. The average molecular weight is 406 g/mol. The van der Waals surface area contributed by atoms with Crippen molar-refractivity contribution in [3.05, 3.63) is 0 Å². The zero-order chi connectivity index (χ0) is 7.19. The van der Waals surface area contributed by atoms with Gasteiger partial charge in [-0.2, -0.15) is 0 Å². The van der Waals surface area contributed by atoms with Gasteiger partial charge in [0.15, 0.2) is 0 Å². The summed E-state index contributed by atoms with van der Waals surface area (Å²) in [6.45, 7) is 0.689. The molecule has 2 rings (SSSR count). The molecule has 0 heterocycles. The Bertz CT molecular complexity index is 159. The molecule has 0 saturated heterocycles. The topological polar surface area (TPSA) is 52.0 Å². The summed E-state index contributed by atoms with van der Waals surface area (Å²) in [5.41, 5.74) is 11.8. The van der Waals surface area contributed by atoms with Crippen LogP contribution in [0.1, 0.15) is 25.7 Å². The van der Waals surface area contributed by atoms with Crippen molar-refractivity contribution in [1.29, 1.82) is 0 Å². The molecule has 0 aromatic heterocycles. The van der Waals surface area contributed by atoms with Crippen LogP contribution in [-0.2, 0) is 21.1 Å². The van der Waals surface area contributed by atoms with Crippen LogP contribution in [0.5, 0.6) is 0 Å². The van der Waals surface area contributed by atoms with Crippen molar-refractivity contribution in [1.82, 2.24) is 0 Å². The summed E-state index contributed by atoms with van der Waals surface area (Å²) < 4.78 is 0. The van der Waals surface area contributed by atoms with E-state index in [0.717, 1.165) is 11.8 Å². The van der Waals surface area contributed by atoms with Gasteiger partial charge in [0.25, 0.3) is 0 Å². The first-order valence-corrected chi connectivity index (χ1v) is 4.23. The smallest absolute Gasteiger partial charge is 1.00 e. The summed E-state index contributed by atoms with van der Waals surface area (Å²) in [5.74, 6) is 1.67. The minimum Gasteiger partial charge on any atom is -1.00 e. The predicted molar refractivity (Wildman–Crippen MR) is 41.4 cm³/mol. The van der Waals surface area contributed by atoms with Crippen LogP contribution in [-0.4, -0.2) is 12.1 Å². The van der Waals surface area contributed by atoms with Crippen molar-refractivity contribution in [3.63, 3.8) is 0 Å². The first-order chi connectivity index (χ1) is 4.74. The van der Waals surface area contributed by atoms with E-state index in [1.54, 1.807) is 0 Å². The molecule has 82 valence electrons. The van der Waals surface area contributed by atoms with Gasteiger partial charge in [-0.05, 0) is 31.1 Å². The second-order valence-corrected chi connectivity index (χ2v) is 4.02. The first-order valence-electron chi connectivity index (χ1n) is 4.23. The quantitative estimate of drug-likeness (QED) is 0.457. The third kappa shape index (κ3) is 2.82. The minimum absolute atomic E-state index is 0. The molecule has 13 heavy (non-hydrogen) atoms. The van der Waals surface area contributed by atoms with Crippen molar-refractivity contribution < 1.29 is 45.9 Å². The molecule has 0 spiro atoms. The molecular formula is C8H16Cl2N2Pt. The van der Waals surface area contributed by atoms with Crippen molar-refractivity contribution in [2.75, 3.05) is 6.54 Å². The van der Waals surface area contributed by atoms with E-state index in [2.05, 4.69) is 0 Å². The van der Waals surface area contributed by atoms with Crippen LogP contribution in [0.25, 0.3) is 0 Å². The maximum absolute atomic E-state index is 6.12. The Morgan fingerprint density at radius 2 is 1.85 bits per heavy atom. The fourth-order valence-electron chi connectivity index (χ4n) is 2.74. The summed E-state index contributed by atoms with van der Waals surface area (Å²) >= 11 is 0. The van der Waals surface area contributed by atoms with Gasteiger partial charge in [0.1, 0.15) is 0 Å². The van der Waals surface area contributed by atoms with E-state index in [1.807, 2.05) is 0 Å². The molecule has 0 aromatic rings. The van der Waals surface area contributed by atoms with Gasteiger partial charge in [0, 0.05) is 12.1 Å². The number of hydrogen-bond donors (Lipinski definition) is 2. The molecule has 3 atom stereocenters. The van der Waals surface area contributed by atoms with Crippen LogP contribution in [0.15, 0.2) is 0 Å². The van der Waals surface area contributed by atoms with Crippen LogP contribution >= 0.6 is 0 Å². The van der Waals surface area contributed by atoms with E-state index in [1.165, 1.54) is 25.7 Å². The minimum atomic E-state index is 0. The summed E-state index contributed by atoms with van der Waals surface area (Å²) in [5, 5.41) is 0. The Morgan fingerprint density at radius 1 is 1.23 bits per heavy atom. The molecule has 2 unspecified atom stereocenters. The zero-order valence-electron chi connectivity index (χ0n) is 7.42. The van der Waals surface area contributed by atoms with Crippen LogP contribution < -0.4 is 36.3 Å². The van der Waals surface area contributed by atoms with Crippen LogP contribution in [0.3, 0.4) is 0 Å². The Labute approximate surface area is 107 Å². The van der Waals surface area contributed by atoms with E-state index >= 15 is 0 Å². The molecule has 2 fully saturated rings. The third-order valence-electron chi connectivity index (χ3n) is 3.40. The van der Waals surface area contributed by atoms with Crippen molar-refractivity contribution >= 4 is 0 Å². The Morgan fingerprint density at radius 3 is 2.08 bits per heavy atom. The summed E-state index contributed by atoms with van der Waals surface area (Å²) in [6, 6.07) is 0. The molecule has 2 saturated carbocycles. The van der Waals surface area contributed by atoms with Gasteiger partial charge >= 0.3 is 21.1 Å². The van der Waals surface area contributed by atoms with E-state index < -0.39 is 0 Å². The number of halogens is 2. The second kappa shape index (κ2) is 5.92. The van der Waals surface area contributed by atoms with Crippen molar-refractivity contribution in [2.45, 2.75) is 31.2 Å². The largest absolute Gasteiger partial charge is 2.00 e. The molecule has 2 bridgehead atoms. The molecule has 2 nitrogen and oxygen atoms in total. The Kier molecular flexibility index (Phi) is 7.57. The Hall–Kier alpha value is 1.19. The van der Waals surface area contributed by atoms with Crippen molar-refractivity contribution in [2.24, 2.45) is 23.3 Å². The first kappa shape index (κ1) is 16.6. The molecular weight excluding hydrogens is 390 g/mol. The maximum atomic E-state index is 6.12. The molecule has 0 amide bonds. The summed E-state index contributed by atoms with van der Waals surface area (Å²) in [4.78, 5) is 0. The zero-order valence-corrected chi connectivity index (χ0v) is 11.2. The number of hydrogen-bond acceptors (Lipinski definition) is 2. The maximum Gasteiger partial charge on any atom is 2.00 e. The number of nitrogens with two attached hydrogens (primary N) is 2. The summed E-state index contributed by atoms with van der Waals surface area (Å²) in [7, 11) is 0. The van der Waals surface area contributed by atoms with E-state index in [-0.39, 0.29) is 51.4 Å². The normalized spacial score (nSPS) is 40.2. The van der Waals surface area contributed by atoms with Gasteiger partial charge in [-0.15, -0.1) is 0 Å². The molecule has 5 heteroatoms. The van der Waals surface area contributed by atoms with Gasteiger partial charge in [-0.25, -0.2) is 0 Å². The standard InChI is InChI=1S/C8H16N2.2ClH.Pt/c9-5-8(10)4-6-1-2-7(8)3-6;;;/h6-7H,1-5,9-10H2;2*1H;/q;;;+2/p-2/t6?,7?,8-;;;/m1.../s1. The third-order valence-corrected chi connectivity index (χ3v) is 3.40. The molecule has 0 aliphatic heterocycles. The molecule has 0 radical (unpaired) electrons. The van der Waals surface area contributed by atoms with Gasteiger partial charge in [0.2, 0.25) is 0 Å².